The van der Waals surface area contributed by atoms with Crippen LogP contribution < -0.4 is 15.4 Å². The lowest BCUT2D eigenvalue weighted by molar-refractivity contribution is -0.115. The average molecular weight is 396 g/mol. The van der Waals surface area contributed by atoms with E-state index >= 15 is 0 Å². The number of hydrogen-bond acceptors (Lipinski definition) is 4. The van der Waals surface area contributed by atoms with Crippen molar-refractivity contribution in [3.63, 3.8) is 0 Å². The molecule has 0 aliphatic carbocycles. The summed E-state index contributed by atoms with van der Waals surface area (Å²) in [7, 11) is -3.82. The van der Waals surface area contributed by atoms with Gasteiger partial charge in [-0.3, -0.25) is 9.59 Å². The number of anilines is 2. The fourth-order valence-electron chi connectivity index (χ4n) is 2.07. The number of sulfonamides is 1. The Balaban J connectivity index is 1.95. The molecule has 0 unspecified atom stereocenters. The van der Waals surface area contributed by atoms with Gasteiger partial charge in [-0.15, -0.1) is 0 Å². The minimum atomic E-state index is -3.82. The Morgan fingerprint density at radius 1 is 1.00 bits per heavy atom. The molecule has 0 saturated carbocycles. The lowest BCUT2D eigenvalue weighted by Gasteiger charge is -2.09. The van der Waals surface area contributed by atoms with Crippen LogP contribution in [0.4, 0.5) is 11.4 Å². The van der Waals surface area contributed by atoms with Crippen molar-refractivity contribution >= 4 is 44.8 Å². The molecule has 7 nitrogen and oxygen atoms in total. The zero-order valence-electron chi connectivity index (χ0n) is 14.2. The van der Waals surface area contributed by atoms with Crippen LogP contribution in [-0.4, -0.2) is 26.8 Å². The maximum Gasteiger partial charge on any atom is 0.241 e. The van der Waals surface area contributed by atoms with Crippen LogP contribution in [0.1, 0.15) is 12.5 Å². The molecule has 0 atom stereocenters. The summed E-state index contributed by atoms with van der Waals surface area (Å²) in [5, 5.41) is 5.63. The van der Waals surface area contributed by atoms with E-state index in [0.717, 1.165) is 0 Å². The van der Waals surface area contributed by atoms with Crippen LogP contribution in [0.15, 0.2) is 47.4 Å². The van der Waals surface area contributed by atoms with Crippen molar-refractivity contribution in [1.82, 2.24) is 4.72 Å². The second kappa shape index (κ2) is 8.31. The molecule has 2 amide bonds. The first-order valence-electron chi connectivity index (χ1n) is 7.61. The number of aryl methyl sites for hydroxylation is 1. The minimum absolute atomic E-state index is 0.0341. The first kappa shape index (κ1) is 19.9. The number of carbonyl (C=O) groups excluding carboxylic acids is 2. The summed E-state index contributed by atoms with van der Waals surface area (Å²) in [6.07, 6.45) is 0. The van der Waals surface area contributed by atoms with E-state index < -0.39 is 22.5 Å². The Kier molecular flexibility index (Phi) is 6.36. The summed E-state index contributed by atoms with van der Waals surface area (Å²) in [4.78, 5) is 22.9. The summed E-state index contributed by atoms with van der Waals surface area (Å²) in [6.45, 7) is 2.67. The van der Waals surface area contributed by atoms with Gasteiger partial charge in [0.2, 0.25) is 21.8 Å². The van der Waals surface area contributed by atoms with Gasteiger partial charge in [-0.1, -0.05) is 11.6 Å². The Labute approximate surface area is 156 Å². The van der Waals surface area contributed by atoms with Gasteiger partial charge in [0.1, 0.15) is 0 Å². The molecule has 26 heavy (non-hydrogen) atoms. The van der Waals surface area contributed by atoms with Crippen molar-refractivity contribution < 1.29 is 18.0 Å². The maximum absolute atomic E-state index is 12.2. The van der Waals surface area contributed by atoms with Gasteiger partial charge in [-0.25, -0.2) is 13.1 Å². The van der Waals surface area contributed by atoms with E-state index in [1.54, 1.807) is 31.2 Å². The van der Waals surface area contributed by atoms with E-state index in [1.807, 2.05) is 0 Å². The molecule has 0 heterocycles. The molecule has 0 aliphatic rings. The van der Waals surface area contributed by atoms with E-state index in [9.17, 15) is 18.0 Å². The highest BCUT2D eigenvalue weighted by molar-refractivity contribution is 7.89. The smallest absolute Gasteiger partial charge is 0.241 e. The van der Waals surface area contributed by atoms with Gasteiger partial charge in [0.05, 0.1) is 11.4 Å². The van der Waals surface area contributed by atoms with Gasteiger partial charge in [0.15, 0.2) is 0 Å². The number of amides is 2. The van der Waals surface area contributed by atoms with E-state index in [-0.39, 0.29) is 10.8 Å². The predicted octanol–water partition coefficient (Wildman–Crippen LogP) is 2.52. The van der Waals surface area contributed by atoms with Crippen LogP contribution in [0.5, 0.6) is 0 Å². The van der Waals surface area contributed by atoms with Gasteiger partial charge in [-0.2, -0.15) is 0 Å². The van der Waals surface area contributed by atoms with Gasteiger partial charge >= 0.3 is 0 Å². The summed E-state index contributed by atoms with van der Waals surface area (Å²) in [6, 6.07) is 10.7. The molecule has 0 saturated heterocycles. The van der Waals surface area contributed by atoms with Crippen LogP contribution in [0.25, 0.3) is 0 Å². The third-order valence-corrected chi connectivity index (χ3v) is 5.17. The van der Waals surface area contributed by atoms with Crippen molar-refractivity contribution in [1.29, 1.82) is 0 Å². The Bertz CT molecular complexity index is 928. The van der Waals surface area contributed by atoms with Gasteiger partial charge in [0.25, 0.3) is 0 Å². The fourth-order valence-corrected chi connectivity index (χ4v) is 3.26. The highest BCUT2D eigenvalue weighted by Crippen LogP contribution is 2.19. The van der Waals surface area contributed by atoms with Gasteiger partial charge < -0.3 is 10.6 Å². The number of hydrogen-bond donors (Lipinski definition) is 3. The molecule has 2 rings (SSSR count). The van der Waals surface area contributed by atoms with Crippen molar-refractivity contribution in [2.24, 2.45) is 0 Å². The van der Waals surface area contributed by atoms with E-state index in [1.165, 1.54) is 25.1 Å². The molecule has 2 aromatic rings. The van der Waals surface area contributed by atoms with Crippen LogP contribution in [-0.2, 0) is 19.6 Å². The monoisotopic (exact) mass is 395 g/mol. The largest absolute Gasteiger partial charge is 0.326 e. The molecule has 3 N–H and O–H groups in total. The molecular formula is C17H18ClN3O4S. The third-order valence-electron chi connectivity index (χ3n) is 3.35. The second-order valence-electron chi connectivity index (χ2n) is 5.54. The second-order valence-corrected chi connectivity index (χ2v) is 7.72. The molecule has 0 aromatic heterocycles. The van der Waals surface area contributed by atoms with E-state index in [0.29, 0.717) is 22.0 Å². The zero-order valence-corrected chi connectivity index (χ0v) is 15.7. The fraction of sp³-hybridized carbons (Fsp3) is 0.176. The maximum atomic E-state index is 12.2. The highest BCUT2D eigenvalue weighted by atomic mass is 35.5. The molecule has 9 heteroatoms. The number of halogens is 1. The first-order chi connectivity index (χ1) is 12.2. The van der Waals surface area contributed by atoms with Crippen molar-refractivity contribution in [2.75, 3.05) is 17.2 Å². The normalized spacial score (nSPS) is 11.0. The Morgan fingerprint density at radius 3 is 2.12 bits per heavy atom. The SMILES string of the molecule is CC(=O)Nc1ccc(NC(=O)CNS(=O)(=O)c2ccc(Cl)c(C)c2)cc1. The number of carbonyl (C=O) groups is 2. The molecular weight excluding hydrogens is 378 g/mol. The molecule has 0 bridgehead atoms. The van der Waals surface area contributed by atoms with Crippen LogP contribution in [0, 0.1) is 6.92 Å². The van der Waals surface area contributed by atoms with Crippen LogP contribution >= 0.6 is 11.6 Å². The minimum Gasteiger partial charge on any atom is -0.326 e. The molecule has 0 aliphatic heterocycles. The number of benzene rings is 2. The summed E-state index contributed by atoms with van der Waals surface area (Å²) in [5.41, 5.74) is 1.69. The summed E-state index contributed by atoms with van der Waals surface area (Å²) < 4.78 is 26.7. The summed E-state index contributed by atoms with van der Waals surface area (Å²) in [5.74, 6) is -0.722. The predicted molar refractivity (Wildman–Crippen MR) is 101 cm³/mol. The molecule has 0 spiro atoms. The molecule has 138 valence electrons. The lowest BCUT2D eigenvalue weighted by Crippen LogP contribution is -2.32. The van der Waals surface area contributed by atoms with Crippen LogP contribution in [0.3, 0.4) is 0 Å². The zero-order chi connectivity index (χ0) is 19.3. The highest BCUT2D eigenvalue weighted by Gasteiger charge is 2.16. The van der Waals surface area contributed by atoms with Crippen molar-refractivity contribution in [3.05, 3.63) is 53.1 Å². The molecule has 2 aromatic carbocycles. The average Bonchev–Trinajstić information content (AvgIpc) is 2.57. The first-order valence-corrected chi connectivity index (χ1v) is 9.47. The molecule has 0 fully saturated rings. The van der Waals surface area contributed by atoms with Gasteiger partial charge in [-0.05, 0) is 55.0 Å². The quantitative estimate of drug-likeness (QED) is 0.698. The van der Waals surface area contributed by atoms with Crippen molar-refractivity contribution in [2.45, 2.75) is 18.7 Å². The molecule has 0 radical (unpaired) electrons. The Hall–Kier alpha value is -2.42. The van der Waals surface area contributed by atoms with E-state index in [4.69, 9.17) is 11.6 Å². The summed E-state index contributed by atoms with van der Waals surface area (Å²) >= 11 is 5.88. The van der Waals surface area contributed by atoms with Crippen LogP contribution in [0.2, 0.25) is 5.02 Å². The van der Waals surface area contributed by atoms with Gasteiger partial charge in [0, 0.05) is 23.3 Å². The van der Waals surface area contributed by atoms with Crippen molar-refractivity contribution in [3.8, 4) is 0 Å². The topological polar surface area (TPSA) is 104 Å². The third kappa shape index (κ3) is 5.55. The Morgan fingerprint density at radius 2 is 1.58 bits per heavy atom. The standard InChI is InChI=1S/C17H18ClN3O4S/c1-11-9-15(7-8-16(11)18)26(24,25)19-10-17(23)21-14-5-3-13(4-6-14)20-12(2)22/h3-9,19H,10H2,1-2H3,(H,20,22)(H,21,23). The lowest BCUT2D eigenvalue weighted by atomic mass is 10.2. The van der Waals surface area contributed by atoms with E-state index in [2.05, 4.69) is 15.4 Å². The number of rotatable bonds is 6. The number of nitrogens with one attached hydrogen (secondary N) is 3.